The van der Waals surface area contributed by atoms with E-state index in [0.717, 1.165) is 6.42 Å². The summed E-state index contributed by atoms with van der Waals surface area (Å²) in [6, 6.07) is 0. The van der Waals surface area contributed by atoms with Gasteiger partial charge in [-0.25, -0.2) is 0 Å². The lowest BCUT2D eigenvalue weighted by molar-refractivity contribution is 0.177. The van der Waals surface area contributed by atoms with Gasteiger partial charge in [-0.3, -0.25) is 0 Å². The molecule has 1 nitrogen and oxygen atoms in total. The summed E-state index contributed by atoms with van der Waals surface area (Å²) in [4.78, 5) is 0. The number of hydrogen-bond donors (Lipinski definition) is 0. The van der Waals surface area contributed by atoms with Gasteiger partial charge in [0.25, 0.3) is 0 Å². The predicted octanol–water partition coefficient (Wildman–Crippen LogP) is 6.63. The van der Waals surface area contributed by atoms with Gasteiger partial charge < -0.3 is 4.43 Å². The average Bonchev–Trinajstić information content (AvgIpc) is 2.44. The number of hydrogen-bond acceptors (Lipinski definition) is 1. The Bertz CT molecular complexity index is 225. The Labute approximate surface area is 129 Å². The van der Waals surface area contributed by atoms with Gasteiger partial charge in [-0.1, -0.05) is 77.3 Å². The van der Waals surface area contributed by atoms with Gasteiger partial charge in [-0.15, -0.1) is 6.58 Å². The van der Waals surface area contributed by atoms with Crippen molar-refractivity contribution >= 4 is 8.32 Å². The van der Waals surface area contributed by atoms with Crippen LogP contribution in [0.3, 0.4) is 0 Å². The van der Waals surface area contributed by atoms with Gasteiger partial charge in [-0.05, 0) is 25.9 Å². The molecule has 0 heterocycles. The third-order valence-electron chi connectivity index (χ3n) is 4.05. The van der Waals surface area contributed by atoms with Crippen LogP contribution in [0, 0.1) is 0 Å². The highest BCUT2D eigenvalue weighted by Crippen LogP contribution is 2.18. The molecule has 1 unspecified atom stereocenters. The van der Waals surface area contributed by atoms with Crippen LogP contribution in [-0.2, 0) is 4.43 Å². The first-order chi connectivity index (χ1) is 9.55. The van der Waals surface area contributed by atoms with Crippen LogP contribution in [0.5, 0.6) is 0 Å². The molecule has 0 aliphatic carbocycles. The van der Waals surface area contributed by atoms with Gasteiger partial charge in [0.2, 0.25) is 8.32 Å². The van der Waals surface area contributed by atoms with E-state index in [9.17, 15) is 0 Å². The second-order valence-electron chi connectivity index (χ2n) is 6.57. The van der Waals surface area contributed by atoms with Crippen LogP contribution in [0.25, 0.3) is 0 Å². The molecular formula is C18H38OSi. The van der Waals surface area contributed by atoms with Gasteiger partial charge in [0.15, 0.2) is 0 Å². The highest BCUT2D eigenvalue weighted by atomic mass is 28.4. The first-order valence-corrected chi connectivity index (χ1v) is 11.9. The molecule has 0 fully saturated rings. The predicted molar refractivity (Wildman–Crippen MR) is 94.7 cm³/mol. The zero-order valence-electron chi connectivity index (χ0n) is 14.5. The minimum absolute atomic E-state index is 0.458. The molecular weight excluding hydrogens is 260 g/mol. The fraction of sp³-hybridized carbons (Fsp3) is 0.889. The van der Waals surface area contributed by atoms with E-state index in [0.29, 0.717) is 6.10 Å². The second-order valence-corrected chi connectivity index (χ2v) is 10.4. The van der Waals surface area contributed by atoms with Crippen molar-refractivity contribution in [3.63, 3.8) is 0 Å². The van der Waals surface area contributed by atoms with Gasteiger partial charge in [0.1, 0.15) is 0 Å². The Morgan fingerprint density at radius 2 is 1.40 bits per heavy atom. The van der Waals surface area contributed by atoms with Crippen LogP contribution in [-0.4, -0.2) is 14.4 Å². The lowest BCUT2D eigenvalue weighted by Crippen LogP contribution is -2.33. The molecule has 0 aromatic heterocycles. The molecule has 2 heteroatoms. The molecule has 0 N–H and O–H groups in total. The van der Waals surface area contributed by atoms with Crippen LogP contribution in [0.2, 0.25) is 13.1 Å². The minimum Gasteiger partial charge on any atom is -0.411 e. The molecule has 1 atom stereocenters. The topological polar surface area (TPSA) is 9.23 Å². The standard InChI is InChI=1S/C18H38OSi/c1-6-9-10-11-12-13-14-15-16-17-18(7-2)19-20(4,5)8-3/h8,18H,3,6-7,9-17H2,1-2,4-5H3. The Balaban J connectivity index is 3.49. The van der Waals surface area contributed by atoms with E-state index in [4.69, 9.17) is 4.43 Å². The maximum absolute atomic E-state index is 6.23. The van der Waals surface area contributed by atoms with E-state index < -0.39 is 8.32 Å². The Hall–Kier alpha value is -0.0831. The van der Waals surface area contributed by atoms with E-state index >= 15 is 0 Å². The Kier molecular flexibility index (Phi) is 12.6. The third-order valence-corrected chi connectivity index (χ3v) is 5.97. The van der Waals surface area contributed by atoms with Crippen LogP contribution in [0.15, 0.2) is 12.3 Å². The third kappa shape index (κ3) is 11.7. The van der Waals surface area contributed by atoms with Crippen molar-refractivity contribution in [3.8, 4) is 0 Å². The highest BCUT2D eigenvalue weighted by Gasteiger charge is 2.21. The van der Waals surface area contributed by atoms with Crippen LogP contribution in [0.1, 0.15) is 84.5 Å². The summed E-state index contributed by atoms with van der Waals surface area (Å²) >= 11 is 0. The average molecular weight is 299 g/mol. The summed E-state index contributed by atoms with van der Waals surface area (Å²) in [5.41, 5.74) is 2.05. The zero-order chi connectivity index (χ0) is 15.3. The molecule has 0 aromatic rings. The number of unbranched alkanes of at least 4 members (excludes halogenated alkanes) is 8. The van der Waals surface area contributed by atoms with Crippen molar-refractivity contribution in [2.45, 2.75) is 104 Å². The highest BCUT2D eigenvalue weighted by molar-refractivity contribution is 6.76. The summed E-state index contributed by atoms with van der Waals surface area (Å²) in [6.07, 6.45) is 15.4. The largest absolute Gasteiger partial charge is 0.411 e. The molecule has 0 bridgehead atoms. The van der Waals surface area contributed by atoms with Crippen LogP contribution >= 0.6 is 0 Å². The van der Waals surface area contributed by atoms with Gasteiger partial charge in [0, 0.05) is 6.10 Å². The Morgan fingerprint density at radius 1 is 0.900 bits per heavy atom. The lowest BCUT2D eigenvalue weighted by Gasteiger charge is -2.26. The van der Waals surface area contributed by atoms with Crippen LogP contribution < -0.4 is 0 Å². The second kappa shape index (κ2) is 12.6. The normalized spacial score (nSPS) is 13.4. The quantitative estimate of drug-likeness (QED) is 0.258. The molecule has 0 spiro atoms. The lowest BCUT2D eigenvalue weighted by atomic mass is 10.0. The molecule has 0 aliphatic heterocycles. The smallest absolute Gasteiger partial charge is 0.210 e. The van der Waals surface area contributed by atoms with Gasteiger partial charge in [-0.2, -0.15) is 0 Å². The molecule has 120 valence electrons. The molecule has 20 heavy (non-hydrogen) atoms. The summed E-state index contributed by atoms with van der Waals surface area (Å²) < 4.78 is 6.23. The van der Waals surface area contributed by atoms with Gasteiger partial charge in [0.05, 0.1) is 0 Å². The first-order valence-electron chi connectivity index (χ1n) is 8.87. The molecule has 0 amide bonds. The van der Waals surface area contributed by atoms with Crippen molar-refractivity contribution in [2.24, 2.45) is 0 Å². The fourth-order valence-corrected chi connectivity index (χ4v) is 3.75. The first kappa shape index (κ1) is 19.9. The molecule has 0 aliphatic rings. The van der Waals surface area contributed by atoms with Gasteiger partial charge >= 0.3 is 0 Å². The number of rotatable bonds is 14. The molecule has 0 saturated heterocycles. The molecule has 0 saturated carbocycles. The molecule has 0 aromatic carbocycles. The van der Waals surface area contributed by atoms with Crippen molar-refractivity contribution in [1.29, 1.82) is 0 Å². The summed E-state index contributed by atoms with van der Waals surface area (Å²) in [6.45, 7) is 12.9. The summed E-state index contributed by atoms with van der Waals surface area (Å²) in [7, 11) is -1.59. The molecule has 0 radical (unpaired) electrons. The molecule has 0 rings (SSSR count). The Morgan fingerprint density at radius 3 is 1.85 bits per heavy atom. The van der Waals surface area contributed by atoms with Crippen molar-refractivity contribution in [1.82, 2.24) is 0 Å². The van der Waals surface area contributed by atoms with Crippen molar-refractivity contribution < 1.29 is 4.43 Å². The van der Waals surface area contributed by atoms with E-state index in [1.807, 2.05) is 5.70 Å². The van der Waals surface area contributed by atoms with E-state index in [-0.39, 0.29) is 0 Å². The van der Waals surface area contributed by atoms with E-state index in [1.165, 1.54) is 64.2 Å². The SMILES string of the molecule is C=C[Si](C)(C)OC(CC)CCCCCCCCCCC. The minimum atomic E-state index is -1.59. The zero-order valence-corrected chi connectivity index (χ0v) is 15.5. The summed E-state index contributed by atoms with van der Waals surface area (Å²) in [5, 5.41) is 0. The monoisotopic (exact) mass is 298 g/mol. The summed E-state index contributed by atoms with van der Waals surface area (Å²) in [5.74, 6) is 0. The fourth-order valence-electron chi connectivity index (χ4n) is 2.51. The maximum atomic E-state index is 6.23. The van der Waals surface area contributed by atoms with Crippen LogP contribution in [0.4, 0.5) is 0 Å². The van der Waals surface area contributed by atoms with Crippen molar-refractivity contribution in [3.05, 3.63) is 12.3 Å². The maximum Gasteiger partial charge on any atom is 0.210 e. The van der Waals surface area contributed by atoms with Crippen molar-refractivity contribution in [2.75, 3.05) is 0 Å². The van der Waals surface area contributed by atoms with E-state index in [2.05, 4.69) is 33.5 Å². The van der Waals surface area contributed by atoms with E-state index in [1.54, 1.807) is 0 Å².